The summed E-state index contributed by atoms with van der Waals surface area (Å²) in [7, 11) is 0. The van der Waals surface area contributed by atoms with Crippen molar-refractivity contribution >= 4 is 11.6 Å². The van der Waals surface area contributed by atoms with Crippen LogP contribution in [0.3, 0.4) is 0 Å². The summed E-state index contributed by atoms with van der Waals surface area (Å²) in [5, 5.41) is 40.5. The van der Waals surface area contributed by atoms with Gasteiger partial charge in [-0.3, -0.25) is 0 Å². The van der Waals surface area contributed by atoms with Gasteiger partial charge in [0.25, 0.3) is 20.5 Å². The van der Waals surface area contributed by atoms with E-state index in [-0.39, 0.29) is 5.28 Å². The SMILES string of the molecule is O=[N+]([O-])OCC(COc1nnc(Cl)nn1)(CO[N+](=O)[O-])CO[N+](=O)[O-]. The van der Waals surface area contributed by atoms with E-state index in [1.807, 2.05) is 0 Å². The first-order valence-electron chi connectivity index (χ1n) is 5.90. The van der Waals surface area contributed by atoms with E-state index < -0.39 is 53.1 Å². The zero-order valence-corrected chi connectivity index (χ0v) is 12.7. The normalized spacial score (nSPS) is 10.6. The number of aromatic nitrogens is 4. The molecule has 0 aliphatic heterocycles. The smallest absolute Gasteiger partial charge is 0.355 e. The molecule has 1 aromatic heterocycles. The second-order valence-electron chi connectivity index (χ2n) is 4.23. The van der Waals surface area contributed by atoms with Crippen molar-refractivity contribution in [3.05, 3.63) is 35.6 Å². The highest BCUT2D eigenvalue weighted by Gasteiger charge is 2.37. The topological polar surface area (TPSA) is 218 Å². The minimum absolute atomic E-state index is 0.302. The minimum Gasteiger partial charge on any atom is -0.461 e. The fraction of sp³-hybridized carbons (Fsp3) is 0.714. The van der Waals surface area contributed by atoms with E-state index in [4.69, 9.17) is 16.3 Å². The number of rotatable bonds is 12. The van der Waals surface area contributed by atoms with Crippen LogP contribution in [0.25, 0.3) is 0 Å². The van der Waals surface area contributed by atoms with Gasteiger partial charge in [0.2, 0.25) is 0 Å². The Morgan fingerprint density at radius 1 is 0.800 bits per heavy atom. The molecule has 25 heavy (non-hydrogen) atoms. The number of hydrogen-bond donors (Lipinski definition) is 0. The van der Waals surface area contributed by atoms with Crippen LogP contribution >= 0.6 is 11.6 Å². The van der Waals surface area contributed by atoms with E-state index in [1.54, 1.807) is 0 Å². The lowest BCUT2D eigenvalue weighted by Crippen LogP contribution is -2.44. The Bertz CT molecular complexity index is 569. The molecule has 0 radical (unpaired) electrons. The monoisotopic (exact) mass is 385 g/mol. The predicted octanol–water partition coefficient (Wildman–Crippen LogP) is -1.09. The summed E-state index contributed by atoms with van der Waals surface area (Å²) in [4.78, 5) is 43.5. The molecular formula is C7H8ClN7O10. The van der Waals surface area contributed by atoms with Crippen LogP contribution in [0.2, 0.25) is 5.28 Å². The van der Waals surface area contributed by atoms with E-state index in [0.717, 1.165) is 0 Å². The van der Waals surface area contributed by atoms with E-state index in [2.05, 4.69) is 34.9 Å². The second kappa shape index (κ2) is 9.05. The van der Waals surface area contributed by atoms with Crippen molar-refractivity contribution in [1.29, 1.82) is 0 Å². The molecule has 1 rings (SSSR count). The van der Waals surface area contributed by atoms with Crippen LogP contribution < -0.4 is 4.74 Å². The van der Waals surface area contributed by atoms with Crippen molar-refractivity contribution < 1.29 is 34.5 Å². The van der Waals surface area contributed by atoms with Gasteiger partial charge < -0.3 is 19.2 Å². The Balaban J connectivity index is 2.92. The summed E-state index contributed by atoms with van der Waals surface area (Å²) in [6.45, 7) is -3.35. The molecule has 0 saturated carbocycles. The highest BCUT2D eigenvalue weighted by Crippen LogP contribution is 2.21. The zero-order valence-electron chi connectivity index (χ0n) is 11.9. The Labute approximate surface area is 141 Å². The third-order valence-electron chi connectivity index (χ3n) is 2.37. The maximum atomic E-state index is 10.4. The van der Waals surface area contributed by atoms with Crippen LogP contribution in [0.5, 0.6) is 6.01 Å². The van der Waals surface area contributed by atoms with Gasteiger partial charge in [0.1, 0.15) is 26.4 Å². The Morgan fingerprint density at radius 3 is 1.56 bits per heavy atom. The van der Waals surface area contributed by atoms with E-state index in [1.165, 1.54) is 0 Å². The summed E-state index contributed by atoms with van der Waals surface area (Å²) < 4.78 is 5.01. The van der Waals surface area contributed by atoms with Crippen molar-refractivity contribution in [2.24, 2.45) is 5.41 Å². The van der Waals surface area contributed by atoms with Crippen LogP contribution in [0, 0.1) is 35.8 Å². The van der Waals surface area contributed by atoms with Crippen molar-refractivity contribution in [3.63, 3.8) is 0 Å². The van der Waals surface area contributed by atoms with Gasteiger partial charge in [-0.1, -0.05) is 10.2 Å². The molecule has 18 heteroatoms. The largest absolute Gasteiger partial charge is 0.461 e. The van der Waals surface area contributed by atoms with Gasteiger partial charge in [0.05, 0.1) is 5.41 Å². The summed E-state index contributed by atoms with van der Waals surface area (Å²) >= 11 is 5.37. The highest BCUT2D eigenvalue weighted by atomic mass is 35.5. The molecule has 138 valence electrons. The fourth-order valence-electron chi connectivity index (χ4n) is 1.30. The van der Waals surface area contributed by atoms with Crippen LogP contribution in [0.1, 0.15) is 0 Å². The fourth-order valence-corrected chi connectivity index (χ4v) is 1.38. The van der Waals surface area contributed by atoms with Crippen LogP contribution in [-0.2, 0) is 14.5 Å². The molecular weight excluding hydrogens is 378 g/mol. The maximum Gasteiger partial charge on any atom is 0.355 e. The molecule has 0 bridgehead atoms. The summed E-state index contributed by atoms with van der Waals surface area (Å²) in [6.07, 6.45) is 0. The molecule has 0 aliphatic rings. The zero-order chi connectivity index (χ0) is 18.9. The molecule has 0 aliphatic carbocycles. The molecule has 17 nitrogen and oxygen atoms in total. The van der Waals surface area contributed by atoms with Gasteiger partial charge in [-0.25, -0.2) is 0 Å². The van der Waals surface area contributed by atoms with E-state index >= 15 is 0 Å². The summed E-state index contributed by atoms with van der Waals surface area (Å²) in [6, 6.07) is -0.461. The Hall–Kier alpha value is -3.37. The third kappa shape index (κ3) is 7.63. The molecule has 0 saturated heterocycles. The first kappa shape index (κ1) is 19.7. The van der Waals surface area contributed by atoms with Gasteiger partial charge >= 0.3 is 6.01 Å². The summed E-state index contributed by atoms with van der Waals surface area (Å²) in [5.41, 5.74) is -1.84. The van der Waals surface area contributed by atoms with Gasteiger partial charge in [0.15, 0.2) is 0 Å². The third-order valence-corrected chi connectivity index (χ3v) is 2.52. The lowest BCUT2D eigenvalue weighted by Gasteiger charge is -2.29. The number of nitrogens with zero attached hydrogens (tertiary/aromatic N) is 7. The first-order valence-corrected chi connectivity index (χ1v) is 6.28. The quantitative estimate of drug-likeness (QED) is 0.308. The average molecular weight is 386 g/mol. The molecule has 0 aromatic carbocycles. The molecule has 0 unspecified atom stereocenters. The number of ether oxygens (including phenoxy) is 1. The second-order valence-corrected chi connectivity index (χ2v) is 4.57. The lowest BCUT2D eigenvalue weighted by molar-refractivity contribution is -0.782. The van der Waals surface area contributed by atoms with Gasteiger partial charge in [-0.05, 0) is 11.6 Å². The van der Waals surface area contributed by atoms with Crippen molar-refractivity contribution in [3.8, 4) is 6.01 Å². The first-order chi connectivity index (χ1) is 11.7. The van der Waals surface area contributed by atoms with Gasteiger partial charge in [-0.15, -0.1) is 40.5 Å². The molecule has 0 atom stereocenters. The Kier molecular flexibility index (Phi) is 7.13. The molecule has 0 N–H and O–H groups in total. The van der Waals surface area contributed by atoms with E-state index in [0.29, 0.717) is 0 Å². The minimum atomic E-state index is -1.84. The molecule has 0 fully saturated rings. The van der Waals surface area contributed by atoms with Crippen LogP contribution in [0.4, 0.5) is 0 Å². The van der Waals surface area contributed by atoms with E-state index in [9.17, 15) is 30.3 Å². The molecule has 1 aromatic rings. The standard InChI is InChI=1S/C7H8ClN7O10/c8-5-9-11-6(12-10-5)22-1-7(2-23-13(16)17,3-24-14(18)19)4-25-15(20)21/h1-4H2. The van der Waals surface area contributed by atoms with Crippen LogP contribution in [-0.4, -0.2) is 62.1 Å². The Morgan fingerprint density at radius 2 is 1.20 bits per heavy atom. The van der Waals surface area contributed by atoms with Crippen molar-refractivity contribution in [2.75, 3.05) is 26.4 Å². The van der Waals surface area contributed by atoms with Gasteiger partial charge in [0, 0.05) is 0 Å². The molecule has 0 amide bonds. The maximum absolute atomic E-state index is 10.4. The average Bonchev–Trinajstić information content (AvgIpc) is 2.54. The molecule has 0 spiro atoms. The highest BCUT2D eigenvalue weighted by molar-refractivity contribution is 6.28. The van der Waals surface area contributed by atoms with Crippen molar-refractivity contribution in [2.45, 2.75) is 0 Å². The van der Waals surface area contributed by atoms with Crippen molar-refractivity contribution in [1.82, 2.24) is 20.4 Å². The number of halogens is 1. The lowest BCUT2D eigenvalue weighted by atomic mass is 9.92. The molecule has 1 heterocycles. The summed E-state index contributed by atoms with van der Waals surface area (Å²) in [5.74, 6) is 0. The van der Waals surface area contributed by atoms with Gasteiger partial charge in [-0.2, -0.15) is 0 Å². The number of hydrogen-bond acceptors (Lipinski definition) is 14. The van der Waals surface area contributed by atoms with Crippen LogP contribution in [0.15, 0.2) is 0 Å². The predicted molar refractivity (Wildman–Crippen MR) is 69.4 cm³/mol.